The molecule has 0 unspecified atom stereocenters. The van der Waals surface area contributed by atoms with Crippen molar-refractivity contribution in [3.8, 4) is 0 Å². The molecule has 2 rings (SSSR count). The van der Waals surface area contributed by atoms with Gasteiger partial charge in [0, 0.05) is 6.54 Å². The molecular formula is C17H21N3O7S. The molecule has 0 bridgehead atoms. The van der Waals surface area contributed by atoms with Crippen LogP contribution >= 0.6 is 0 Å². The first kappa shape index (κ1) is 21.4. The highest BCUT2D eigenvalue weighted by Gasteiger charge is 2.25. The zero-order valence-corrected chi connectivity index (χ0v) is 16.2. The molecule has 0 fully saturated rings. The first-order valence-electron chi connectivity index (χ1n) is 8.49. The van der Waals surface area contributed by atoms with E-state index in [1.807, 2.05) is 0 Å². The Morgan fingerprint density at radius 3 is 2.61 bits per heavy atom. The molecule has 152 valence electrons. The van der Waals surface area contributed by atoms with E-state index in [9.17, 15) is 22.8 Å². The predicted molar refractivity (Wildman–Crippen MR) is 97.8 cm³/mol. The van der Waals surface area contributed by atoms with Gasteiger partial charge < -0.3 is 20.1 Å². The summed E-state index contributed by atoms with van der Waals surface area (Å²) in [5, 5.41) is 4.84. The number of nitrogens with one attached hydrogen (secondary N) is 3. The predicted octanol–water partition coefficient (Wildman–Crippen LogP) is 0.272. The van der Waals surface area contributed by atoms with Crippen molar-refractivity contribution < 1.29 is 32.3 Å². The highest BCUT2D eigenvalue weighted by Crippen LogP contribution is 2.14. The fourth-order valence-electron chi connectivity index (χ4n) is 2.35. The average Bonchev–Trinajstić information content (AvgIpc) is 2.66. The fraction of sp³-hybridized carbons (Fsp3) is 0.353. The molecule has 1 heterocycles. The number of sulfonamides is 1. The van der Waals surface area contributed by atoms with Gasteiger partial charge in [-0.05, 0) is 25.1 Å². The van der Waals surface area contributed by atoms with Crippen LogP contribution in [-0.4, -0.2) is 52.7 Å². The second kappa shape index (κ2) is 9.33. The lowest BCUT2D eigenvalue weighted by atomic mass is 10.1. The Kier molecular flexibility index (Phi) is 7.12. The maximum atomic E-state index is 12.3. The number of carbonyl (C=O) groups excluding carboxylic acids is 3. The summed E-state index contributed by atoms with van der Waals surface area (Å²) in [7, 11) is -3.73. The van der Waals surface area contributed by atoms with E-state index in [1.165, 1.54) is 24.3 Å². The van der Waals surface area contributed by atoms with Crippen molar-refractivity contribution in [1.82, 2.24) is 15.4 Å². The van der Waals surface area contributed by atoms with E-state index < -0.39 is 28.0 Å². The Balaban J connectivity index is 2.16. The van der Waals surface area contributed by atoms with Gasteiger partial charge in [-0.25, -0.2) is 27.5 Å². The van der Waals surface area contributed by atoms with Gasteiger partial charge >= 0.3 is 18.0 Å². The first-order chi connectivity index (χ1) is 13.3. The van der Waals surface area contributed by atoms with E-state index >= 15 is 0 Å². The second-order valence-corrected chi connectivity index (χ2v) is 7.36. The van der Waals surface area contributed by atoms with E-state index in [4.69, 9.17) is 9.47 Å². The van der Waals surface area contributed by atoms with Gasteiger partial charge in [-0.2, -0.15) is 0 Å². The van der Waals surface area contributed by atoms with Crippen LogP contribution in [0.25, 0.3) is 0 Å². The van der Waals surface area contributed by atoms with Crippen LogP contribution in [0.5, 0.6) is 0 Å². The van der Waals surface area contributed by atoms with E-state index in [2.05, 4.69) is 15.4 Å². The molecule has 0 atom stereocenters. The summed E-state index contributed by atoms with van der Waals surface area (Å²) >= 11 is 0. The normalized spacial score (nSPS) is 14.1. The lowest BCUT2D eigenvalue weighted by molar-refractivity contribution is -0.138. The second-order valence-electron chi connectivity index (χ2n) is 5.59. The zero-order valence-electron chi connectivity index (χ0n) is 15.4. The molecule has 0 radical (unpaired) electrons. The minimum absolute atomic E-state index is 0.0116. The molecular weight excluding hydrogens is 390 g/mol. The summed E-state index contributed by atoms with van der Waals surface area (Å²) in [5.74, 6) is -1.45. The van der Waals surface area contributed by atoms with E-state index in [1.54, 1.807) is 13.8 Å². The first-order valence-corrected chi connectivity index (χ1v) is 9.97. The molecule has 1 aliphatic rings. The summed E-state index contributed by atoms with van der Waals surface area (Å²) in [6.45, 7) is 3.18. The molecule has 1 aliphatic heterocycles. The lowest BCUT2D eigenvalue weighted by Crippen LogP contribution is -2.45. The number of carbonyl (C=O) groups is 3. The van der Waals surface area contributed by atoms with Crippen LogP contribution in [0.1, 0.15) is 24.2 Å². The number of benzene rings is 1. The number of rotatable bonds is 8. The molecule has 0 spiro atoms. The standard InChI is InChI=1S/C17H21N3O7S/c1-3-19-28(24,25)12-7-5-6-11(8-12)15(21)27-10-14-13(16(22)26-4-2)9-18-17(23)20-14/h5-8,19H,3-4,9-10H2,1-2H3,(H2,18,20,23). The zero-order chi connectivity index (χ0) is 20.7. The summed E-state index contributed by atoms with van der Waals surface area (Å²) in [6, 6.07) is 4.80. The van der Waals surface area contributed by atoms with Gasteiger partial charge in [-0.1, -0.05) is 13.0 Å². The van der Waals surface area contributed by atoms with Gasteiger partial charge in [0.15, 0.2) is 0 Å². The van der Waals surface area contributed by atoms with Crippen LogP contribution in [0.3, 0.4) is 0 Å². The molecule has 0 saturated heterocycles. The van der Waals surface area contributed by atoms with Crippen LogP contribution in [0.4, 0.5) is 4.79 Å². The Morgan fingerprint density at radius 2 is 1.93 bits per heavy atom. The minimum Gasteiger partial charge on any atom is -0.463 e. The van der Waals surface area contributed by atoms with Crippen molar-refractivity contribution in [2.24, 2.45) is 0 Å². The van der Waals surface area contributed by atoms with Crippen LogP contribution < -0.4 is 15.4 Å². The average molecular weight is 411 g/mol. The van der Waals surface area contributed by atoms with Crippen LogP contribution in [0.2, 0.25) is 0 Å². The summed E-state index contributed by atoms with van der Waals surface area (Å²) in [4.78, 5) is 35.7. The molecule has 11 heteroatoms. The third kappa shape index (κ3) is 5.30. The van der Waals surface area contributed by atoms with Gasteiger partial charge in [-0.15, -0.1) is 0 Å². The third-order valence-corrected chi connectivity index (χ3v) is 5.18. The number of urea groups is 1. The van der Waals surface area contributed by atoms with Gasteiger partial charge in [0.2, 0.25) is 10.0 Å². The van der Waals surface area contributed by atoms with Crippen molar-refractivity contribution in [1.29, 1.82) is 0 Å². The molecule has 2 amide bonds. The monoisotopic (exact) mass is 411 g/mol. The van der Waals surface area contributed by atoms with Crippen molar-refractivity contribution in [2.45, 2.75) is 18.7 Å². The SMILES string of the molecule is CCNS(=O)(=O)c1cccc(C(=O)OCC2=C(C(=O)OCC)CNC(=O)N2)c1. The molecule has 0 aliphatic carbocycles. The smallest absolute Gasteiger partial charge is 0.338 e. The van der Waals surface area contributed by atoms with Crippen molar-refractivity contribution in [2.75, 3.05) is 26.3 Å². The van der Waals surface area contributed by atoms with Gasteiger partial charge in [0.25, 0.3) is 0 Å². The molecule has 10 nitrogen and oxygen atoms in total. The highest BCUT2D eigenvalue weighted by molar-refractivity contribution is 7.89. The summed E-state index contributed by atoms with van der Waals surface area (Å²) in [5.41, 5.74) is 0.252. The van der Waals surface area contributed by atoms with E-state index in [0.717, 1.165) is 0 Å². The maximum absolute atomic E-state index is 12.3. The van der Waals surface area contributed by atoms with Gasteiger partial charge in [-0.3, -0.25) is 0 Å². The Hall–Kier alpha value is -2.92. The minimum atomic E-state index is -3.73. The topological polar surface area (TPSA) is 140 Å². The highest BCUT2D eigenvalue weighted by atomic mass is 32.2. The molecule has 0 saturated carbocycles. The summed E-state index contributed by atoms with van der Waals surface area (Å²) in [6.07, 6.45) is 0. The number of hydrogen-bond donors (Lipinski definition) is 3. The molecule has 3 N–H and O–H groups in total. The van der Waals surface area contributed by atoms with Crippen molar-refractivity contribution in [3.05, 3.63) is 41.1 Å². The Labute approximate surface area is 162 Å². The molecule has 1 aromatic carbocycles. The Morgan fingerprint density at radius 1 is 1.18 bits per heavy atom. The van der Waals surface area contributed by atoms with Crippen LogP contribution in [0.15, 0.2) is 40.4 Å². The number of amides is 2. The third-order valence-electron chi connectivity index (χ3n) is 3.64. The van der Waals surface area contributed by atoms with Crippen LogP contribution in [-0.2, 0) is 24.3 Å². The fourth-order valence-corrected chi connectivity index (χ4v) is 3.44. The number of esters is 2. The molecule has 0 aromatic heterocycles. The van der Waals surface area contributed by atoms with Crippen molar-refractivity contribution >= 4 is 28.0 Å². The quantitative estimate of drug-likeness (QED) is 0.522. The maximum Gasteiger partial charge on any atom is 0.338 e. The summed E-state index contributed by atoms with van der Waals surface area (Å²) < 4.78 is 36.5. The van der Waals surface area contributed by atoms with E-state index in [0.29, 0.717) is 0 Å². The lowest BCUT2D eigenvalue weighted by Gasteiger charge is -2.21. The Bertz CT molecular complexity index is 909. The molecule has 1 aromatic rings. The van der Waals surface area contributed by atoms with Crippen LogP contribution in [0, 0.1) is 0 Å². The number of hydrogen-bond acceptors (Lipinski definition) is 7. The van der Waals surface area contributed by atoms with E-state index in [-0.39, 0.29) is 48.0 Å². The number of ether oxygens (including phenoxy) is 2. The molecule has 28 heavy (non-hydrogen) atoms. The van der Waals surface area contributed by atoms with Crippen molar-refractivity contribution in [3.63, 3.8) is 0 Å². The van der Waals surface area contributed by atoms with Gasteiger partial charge in [0.05, 0.1) is 34.9 Å². The largest absolute Gasteiger partial charge is 0.463 e. The van der Waals surface area contributed by atoms with Gasteiger partial charge in [0.1, 0.15) is 6.61 Å².